The van der Waals surface area contributed by atoms with Crippen LogP contribution >= 0.6 is 0 Å². The van der Waals surface area contributed by atoms with E-state index in [4.69, 9.17) is 0 Å². The van der Waals surface area contributed by atoms with Crippen LogP contribution in [0.1, 0.15) is 41.5 Å². The second-order valence-corrected chi connectivity index (χ2v) is 10.1. The Morgan fingerprint density at radius 2 is 1.13 bits per heavy atom. The number of hydrogen-bond acceptors (Lipinski definition) is 2. The number of rotatable bonds is 8. The molecule has 0 saturated carbocycles. The molecule has 0 heterocycles. The maximum atomic E-state index is 2.71. The van der Waals surface area contributed by atoms with Crippen molar-refractivity contribution >= 4 is 19.4 Å². The molecule has 0 bridgehead atoms. The summed E-state index contributed by atoms with van der Waals surface area (Å²) in [6.45, 7) is 16.4. The Morgan fingerprint density at radius 1 is 0.800 bits per heavy atom. The average Bonchev–Trinajstić information content (AvgIpc) is 2.17. The molecule has 0 aromatic carbocycles. The maximum Gasteiger partial charge on any atom is 0.0934 e. The zero-order valence-corrected chi connectivity index (χ0v) is 14.4. The third-order valence-corrected chi connectivity index (χ3v) is 9.20. The Hall–Kier alpha value is 0.354. The molecule has 0 unspecified atom stereocenters. The standard InChI is InChI=1S/C11H30N2Si2/c1-7-12(10(3)4)14-9-15-13(8-2)11(5)6/h10-11H,7-9,14-15H2,1-6H3. The second-order valence-electron chi connectivity index (χ2n) is 4.80. The van der Waals surface area contributed by atoms with Gasteiger partial charge in [-0.2, -0.15) is 0 Å². The summed E-state index contributed by atoms with van der Waals surface area (Å²) in [6, 6.07) is 1.54. The van der Waals surface area contributed by atoms with Crippen LogP contribution in [0.5, 0.6) is 0 Å². The topological polar surface area (TPSA) is 6.48 Å². The lowest BCUT2D eigenvalue weighted by atomic mass is 10.4. The van der Waals surface area contributed by atoms with Crippen LogP contribution in [0.3, 0.4) is 0 Å². The second kappa shape index (κ2) is 8.50. The molecule has 0 spiro atoms. The fraction of sp³-hybridized carbons (Fsp3) is 1.00. The molecule has 0 fully saturated rings. The lowest BCUT2D eigenvalue weighted by molar-refractivity contribution is 0.382. The molecule has 0 saturated heterocycles. The maximum absolute atomic E-state index is 2.71. The summed E-state index contributed by atoms with van der Waals surface area (Å²) < 4.78 is 5.42. The van der Waals surface area contributed by atoms with Gasteiger partial charge in [-0.25, -0.2) is 0 Å². The van der Waals surface area contributed by atoms with Crippen LogP contribution < -0.4 is 0 Å². The van der Waals surface area contributed by atoms with Crippen molar-refractivity contribution in [3.63, 3.8) is 0 Å². The molecule has 0 radical (unpaired) electrons. The minimum Gasteiger partial charge on any atom is -0.327 e. The molecule has 0 aromatic heterocycles. The predicted molar refractivity (Wildman–Crippen MR) is 76.9 cm³/mol. The summed E-state index contributed by atoms with van der Waals surface area (Å²) in [5.41, 5.74) is 1.57. The largest absolute Gasteiger partial charge is 0.327 e. The van der Waals surface area contributed by atoms with E-state index in [0.717, 1.165) is 12.1 Å². The van der Waals surface area contributed by atoms with Crippen LogP contribution in [0.15, 0.2) is 0 Å². The first kappa shape index (κ1) is 15.4. The van der Waals surface area contributed by atoms with Crippen molar-refractivity contribution in [3.05, 3.63) is 0 Å². The summed E-state index contributed by atoms with van der Waals surface area (Å²) in [4.78, 5) is 0. The molecule has 0 atom stereocenters. The molecule has 4 heteroatoms. The fourth-order valence-electron chi connectivity index (χ4n) is 2.04. The minimum absolute atomic E-state index is 0.0471. The van der Waals surface area contributed by atoms with E-state index in [2.05, 4.69) is 50.7 Å². The minimum atomic E-state index is 0.0471. The number of nitrogens with zero attached hydrogens (tertiary/aromatic N) is 2. The van der Waals surface area contributed by atoms with E-state index in [1.807, 2.05) is 0 Å². The molecular weight excluding hydrogens is 216 g/mol. The summed E-state index contributed by atoms with van der Waals surface area (Å²) >= 11 is 0. The highest BCUT2D eigenvalue weighted by atomic mass is 28.3. The van der Waals surface area contributed by atoms with Crippen molar-refractivity contribution < 1.29 is 0 Å². The molecule has 0 aliphatic carbocycles. The summed E-state index contributed by atoms with van der Waals surface area (Å²) in [7, 11) is 0.0942. The summed E-state index contributed by atoms with van der Waals surface area (Å²) in [5, 5.41) is 0. The lowest BCUT2D eigenvalue weighted by Gasteiger charge is -2.28. The molecule has 2 nitrogen and oxygen atoms in total. The van der Waals surface area contributed by atoms with E-state index < -0.39 is 0 Å². The van der Waals surface area contributed by atoms with Gasteiger partial charge in [0.15, 0.2) is 0 Å². The third-order valence-electron chi connectivity index (χ3n) is 3.16. The Bertz CT molecular complexity index is 136. The Balaban J connectivity index is 3.75. The zero-order chi connectivity index (χ0) is 11.8. The smallest absolute Gasteiger partial charge is 0.0934 e. The molecule has 0 rings (SSSR count). The summed E-state index contributed by atoms with van der Waals surface area (Å²) in [6.07, 6.45) is 0. The van der Waals surface area contributed by atoms with Gasteiger partial charge in [0.2, 0.25) is 0 Å². The van der Waals surface area contributed by atoms with Crippen molar-refractivity contribution in [1.29, 1.82) is 0 Å². The predicted octanol–water partition coefficient (Wildman–Crippen LogP) is 0.990. The van der Waals surface area contributed by atoms with Gasteiger partial charge in [0.25, 0.3) is 0 Å². The fourth-order valence-corrected chi connectivity index (χ4v) is 7.52. The van der Waals surface area contributed by atoms with E-state index in [-0.39, 0.29) is 19.4 Å². The van der Waals surface area contributed by atoms with Crippen LogP contribution in [-0.4, -0.2) is 53.7 Å². The van der Waals surface area contributed by atoms with Gasteiger partial charge in [-0.1, -0.05) is 41.5 Å². The van der Waals surface area contributed by atoms with E-state index in [1.165, 1.54) is 13.1 Å². The van der Waals surface area contributed by atoms with Gasteiger partial charge in [0, 0.05) is 0 Å². The first-order valence-electron chi connectivity index (χ1n) is 6.50. The van der Waals surface area contributed by atoms with E-state index in [1.54, 1.807) is 5.67 Å². The summed E-state index contributed by atoms with van der Waals surface area (Å²) in [5.74, 6) is 0. The molecule has 92 valence electrons. The van der Waals surface area contributed by atoms with Gasteiger partial charge in [-0.3, -0.25) is 0 Å². The van der Waals surface area contributed by atoms with Crippen LogP contribution in [0, 0.1) is 0 Å². The molecule has 0 aliphatic heterocycles. The molecule has 0 aromatic rings. The highest BCUT2D eigenvalue weighted by Gasteiger charge is 2.10. The average molecular weight is 247 g/mol. The molecule has 0 N–H and O–H groups in total. The van der Waals surface area contributed by atoms with Crippen LogP contribution in [0.4, 0.5) is 0 Å². The van der Waals surface area contributed by atoms with Gasteiger partial charge < -0.3 is 9.13 Å². The van der Waals surface area contributed by atoms with E-state index >= 15 is 0 Å². The number of hydrogen-bond donors (Lipinski definition) is 0. The van der Waals surface area contributed by atoms with Crippen molar-refractivity contribution in [2.24, 2.45) is 0 Å². The van der Waals surface area contributed by atoms with Crippen LogP contribution in [0.25, 0.3) is 0 Å². The molecule has 15 heavy (non-hydrogen) atoms. The van der Waals surface area contributed by atoms with Gasteiger partial charge >= 0.3 is 0 Å². The van der Waals surface area contributed by atoms with Crippen molar-refractivity contribution in [2.75, 3.05) is 13.1 Å². The Labute approximate surface area is 101 Å². The molecule has 0 amide bonds. The Morgan fingerprint density at radius 3 is 1.33 bits per heavy atom. The highest BCUT2D eigenvalue weighted by Crippen LogP contribution is 2.00. The molecule has 0 aliphatic rings. The van der Waals surface area contributed by atoms with Crippen molar-refractivity contribution in [2.45, 2.75) is 59.3 Å². The third kappa shape index (κ3) is 6.50. The monoisotopic (exact) mass is 246 g/mol. The van der Waals surface area contributed by atoms with E-state index in [0.29, 0.717) is 0 Å². The quantitative estimate of drug-likeness (QED) is 0.590. The normalized spacial score (nSPS) is 14.0. The van der Waals surface area contributed by atoms with Gasteiger partial charge in [0.05, 0.1) is 19.4 Å². The lowest BCUT2D eigenvalue weighted by Crippen LogP contribution is -2.39. The SMILES string of the molecule is CCN([SiH2]C[SiH2]N(CC)C(C)C)C(C)C. The Kier molecular flexibility index (Phi) is 8.70. The van der Waals surface area contributed by atoms with Gasteiger partial charge in [0.1, 0.15) is 0 Å². The van der Waals surface area contributed by atoms with Gasteiger partial charge in [-0.05, 0) is 30.8 Å². The highest BCUT2D eigenvalue weighted by molar-refractivity contribution is 6.52. The van der Waals surface area contributed by atoms with Crippen LogP contribution in [-0.2, 0) is 0 Å². The van der Waals surface area contributed by atoms with Crippen molar-refractivity contribution in [1.82, 2.24) is 9.13 Å². The first-order valence-corrected chi connectivity index (χ1v) is 9.77. The first-order chi connectivity index (χ1) is 7.02. The van der Waals surface area contributed by atoms with E-state index in [9.17, 15) is 0 Å². The zero-order valence-electron chi connectivity index (χ0n) is 11.6. The molecular formula is C11H30N2Si2. The van der Waals surface area contributed by atoms with Crippen LogP contribution in [0.2, 0.25) is 5.67 Å². The van der Waals surface area contributed by atoms with Gasteiger partial charge in [-0.15, -0.1) is 0 Å². The van der Waals surface area contributed by atoms with Crippen molar-refractivity contribution in [3.8, 4) is 0 Å².